The predicted molar refractivity (Wildman–Crippen MR) is 248 cm³/mol. The van der Waals surface area contributed by atoms with Crippen LogP contribution in [0.15, 0.2) is 48.5 Å². The van der Waals surface area contributed by atoms with E-state index < -0.39 is 46.2 Å². The Kier molecular flexibility index (Phi) is 8.75. The van der Waals surface area contributed by atoms with Crippen LogP contribution in [0.3, 0.4) is 0 Å². The second kappa shape index (κ2) is 14.2. The van der Waals surface area contributed by atoms with Crippen LogP contribution in [0, 0.1) is 25.7 Å². The van der Waals surface area contributed by atoms with Crippen LogP contribution in [0.5, 0.6) is 23.0 Å². The molecule has 2 spiro atoms. The number of likely N-dealkylation sites (tertiary alicyclic amines) is 2. The van der Waals surface area contributed by atoms with Crippen LogP contribution in [0.25, 0.3) is 10.8 Å². The highest BCUT2D eigenvalue weighted by molar-refractivity contribution is 5.96. The third-order valence-corrected chi connectivity index (χ3v) is 18.7. The summed E-state index contributed by atoms with van der Waals surface area (Å²) >= 11 is 0. The van der Waals surface area contributed by atoms with Crippen molar-refractivity contribution in [3.05, 3.63) is 93.0 Å². The molecule has 4 saturated carbocycles. The van der Waals surface area contributed by atoms with Crippen LogP contribution in [0.1, 0.15) is 109 Å². The van der Waals surface area contributed by atoms with Crippen LogP contribution in [-0.2, 0) is 55.7 Å². The molecule has 4 aromatic carbocycles. The zero-order valence-corrected chi connectivity index (χ0v) is 38.9. The van der Waals surface area contributed by atoms with Crippen molar-refractivity contribution in [3.63, 3.8) is 0 Å². The predicted octanol–water partition coefficient (Wildman–Crippen LogP) is 6.02. The molecule has 352 valence electrons. The van der Waals surface area contributed by atoms with Gasteiger partial charge in [-0.05, 0) is 148 Å². The zero-order chi connectivity index (χ0) is 46.2. The summed E-state index contributed by atoms with van der Waals surface area (Å²) < 4.78 is 25.6. The molecule has 6 aliphatic carbocycles. The third kappa shape index (κ3) is 5.63. The largest absolute Gasteiger partial charge is 0.477 e. The number of carbonyl (C=O) groups is 4. The Morgan fingerprint density at radius 2 is 1.06 bits per heavy atom. The molecule has 0 aromatic heterocycles. The van der Waals surface area contributed by atoms with Gasteiger partial charge >= 0.3 is 11.9 Å². The quantitative estimate of drug-likeness (QED) is 0.142. The monoisotopic (exact) mass is 918 g/mol. The van der Waals surface area contributed by atoms with E-state index in [0.717, 1.165) is 81.5 Å². The maximum Gasteiger partial charge on any atom is 0.315 e. The molecule has 0 unspecified atom stereocenters. The van der Waals surface area contributed by atoms with E-state index in [4.69, 9.17) is 18.9 Å². The fourth-order valence-corrected chi connectivity index (χ4v) is 15.5. The fourth-order valence-electron chi connectivity index (χ4n) is 15.5. The van der Waals surface area contributed by atoms with Crippen LogP contribution < -0.4 is 18.9 Å². The van der Waals surface area contributed by atoms with Gasteiger partial charge in [0.2, 0.25) is 0 Å². The number of hydrogen-bond donors (Lipinski definition) is 2. The Labute approximate surface area is 395 Å². The number of hydrogen-bond acceptors (Lipinski definition) is 12. The molecule has 10 aliphatic rings. The number of ether oxygens (including phenoxy) is 4. The van der Waals surface area contributed by atoms with Crippen LogP contribution in [0.4, 0.5) is 0 Å². The number of piperidine rings is 2. The minimum atomic E-state index is -1.12. The van der Waals surface area contributed by atoms with Gasteiger partial charge in [-0.1, -0.05) is 47.5 Å². The number of aryl methyl sites for hydroxylation is 2. The van der Waals surface area contributed by atoms with Crippen molar-refractivity contribution >= 4 is 34.3 Å². The van der Waals surface area contributed by atoms with Gasteiger partial charge < -0.3 is 29.2 Å². The van der Waals surface area contributed by atoms with Gasteiger partial charge in [-0.25, -0.2) is 0 Å². The Hall–Kier alpha value is -5.14. The molecule has 14 rings (SSSR count). The molecule has 4 bridgehead atoms. The smallest absolute Gasteiger partial charge is 0.315 e. The van der Waals surface area contributed by atoms with Crippen molar-refractivity contribution in [2.45, 2.75) is 150 Å². The van der Waals surface area contributed by atoms with Gasteiger partial charge in [0.1, 0.15) is 0 Å². The van der Waals surface area contributed by atoms with E-state index in [1.54, 1.807) is 12.1 Å². The molecule has 4 heterocycles. The van der Waals surface area contributed by atoms with E-state index >= 15 is 0 Å². The molecule has 0 radical (unpaired) electrons. The van der Waals surface area contributed by atoms with E-state index in [1.165, 1.54) is 25.7 Å². The van der Waals surface area contributed by atoms with Gasteiger partial charge in [0.25, 0.3) is 0 Å². The van der Waals surface area contributed by atoms with E-state index in [2.05, 4.69) is 9.80 Å². The van der Waals surface area contributed by atoms with Crippen LogP contribution >= 0.6 is 0 Å². The minimum absolute atomic E-state index is 0.00822. The first-order valence-electron chi connectivity index (χ1n) is 25.4. The lowest BCUT2D eigenvalue weighted by Crippen LogP contribution is -2.76. The van der Waals surface area contributed by atoms with Gasteiger partial charge in [0, 0.05) is 49.1 Å². The van der Waals surface area contributed by atoms with Crippen LogP contribution in [-0.4, -0.2) is 105 Å². The first-order chi connectivity index (χ1) is 32.8. The van der Waals surface area contributed by atoms with Gasteiger partial charge in [0.05, 0.1) is 34.9 Å². The minimum Gasteiger partial charge on any atom is -0.477 e. The van der Waals surface area contributed by atoms with Crippen molar-refractivity contribution in [2.24, 2.45) is 11.8 Å². The topological polar surface area (TPSA) is 152 Å². The summed E-state index contributed by atoms with van der Waals surface area (Å²) in [5.41, 5.74) is 3.15. The standard InChI is InChI=1S/C56H58N2O10/c1-29-19-35(25-45(61)65-41-9-7-33-23-43-55(63)13-11-39(59)51-53(55,47(33)49(41)67-51)15-17-57(43)27-31-3-4-31)38-22-30(2)20-36(37(38)21-29)26-46(62)66-42-10-8-34-24-44-56(64)14-12-40(60)52-54(56,48(34)50(42)68-52)16-18-58(44)28-32-5-6-32/h7-10,19-22,31-32,43-44,51-52,63-64H,3-6,11-18,23-28H2,1-2H3/t43-,44-,51+,52+,53+,54+,55-,56-/m1/s1. The Bertz CT molecular complexity index is 2760. The van der Waals surface area contributed by atoms with E-state index in [-0.39, 0.29) is 60.8 Å². The molecule has 6 fully saturated rings. The summed E-state index contributed by atoms with van der Waals surface area (Å²) in [5.74, 6) is 1.72. The van der Waals surface area contributed by atoms with Crippen molar-refractivity contribution < 1.29 is 48.3 Å². The number of rotatable bonds is 10. The molecular weight excluding hydrogens is 861 g/mol. The lowest BCUT2D eigenvalue weighted by Gasteiger charge is -2.62. The molecule has 4 aromatic rings. The van der Waals surface area contributed by atoms with Gasteiger partial charge in [-0.15, -0.1) is 0 Å². The Morgan fingerprint density at radius 1 is 0.632 bits per heavy atom. The number of fused-ring (bicyclic) bond motifs is 1. The van der Waals surface area contributed by atoms with Crippen molar-refractivity contribution in [1.29, 1.82) is 0 Å². The highest BCUT2D eigenvalue weighted by atomic mass is 16.6. The normalized spacial score (nSPS) is 33.7. The van der Waals surface area contributed by atoms with Gasteiger partial charge in [-0.3, -0.25) is 29.0 Å². The number of ketones is 2. The molecule has 8 atom stereocenters. The molecule has 2 saturated heterocycles. The molecule has 12 heteroatoms. The summed E-state index contributed by atoms with van der Waals surface area (Å²) in [4.78, 5) is 60.5. The maximum absolute atomic E-state index is 14.1. The number of benzene rings is 4. The highest BCUT2D eigenvalue weighted by Gasteiger charge is 2.75. The average molecular weight is 919 g/mol. The second-order valence-electron chi connectivity index (χ2n) is 22.6. The molecule has 12 nitrogen and oxygen atoms in total. The lowest BCUT2D eigenvalue weighted by atomic mass is 9.49. The SMILES string of the molecule is Cc1cc(CC(=O)Oc2ccc3c4c2O[C@H]2C(=O)CC[C@@]5(O)[C@@H](C3)N(CC3CC3)CC[C@]425)c2cc(C)cc(CC(=O)Oc3ccc4c5c3O[C@H]3C(=O)CC[C@@]6(O)[C@@H](C4)N(CC4CC4)CC[C@]536)c2c1. The number of esters is 2. The Balaban J connectivity index is 0.737. The average Bonchev–Trinajstić information content (AvgIpc) is 4.23. The Morgan fingerprint density at radius 3 is 1.47 bits per heavy atom. The first-order valence-corrected chi connectivity index (χ1v) is 25.4. The number of nitrogens with zero attached hydrogens (tertiary/aromatic N) is 2. The molecular formula is C56H58N2O10. The summed E-state index contributed by atoms with van der Waals surface area (Å²) in [5, 5.41) is 27.1. The van der Waals surface area contributed by atoms with Gasteiger partial charge in [0.15, 0.2) is 46.8 Å². The fraction of sp³-hybridized carbons (Fsp3) is 0.536. The number of Topliss-reactive ketones (excluding diaryl/α,β-unsaturated/α-hetero) is 2. The van der Waals surface area contributed by atoms with Crippen LogP contribution in [0.2, 0.25) is 0 Å². The zero-order valence-electron chi connectivity index (χ0n) is 38.9. The summed E-state index contributed by atoms with van der Waals surface area (Å²) in [6, 6.07) is 15.4. The van der Waals surface area contributed by atoms with E-state index in [9.17, 15) is 29.4 Å². The van der Waals surface area contributed by atoms with Crippen molar-refractivity contribution in [1.82, 2.24) is 9.80 Å². The van der Waals surface area contributed by atoms with Crippen molar-refractivity contribution in [2.75, 3.05) is 26.2 Å². The van der Waals surface area contributed by atoms with Crippen molar-refractivity contribution in [3.8, 4) is 23.0 Å². The van der Waals surface area contributed by atoms with Gasteiger partial charge in [-0.2, -0.15) is 0 Å². The van der Waals surface area contributed by atoms with E-state index in [1.807, 2.05) is 50.2 Å². The summed E-state index contributed by atoms with van der Waals surface area (Å²) in [7, 11) is 0. The first kappa shape index (κ1) is 41.8. The number of carbonyl (C=O) groups excluding carboxylic acids is 4. The summed E-state index contributed by atoms with van der Waals surface area (Å²) in [6.07, 6.45) is 7.02. The molecule has 0 amide bonds. The molecule has 2 N–H and O–H groups in total. The lowest BCUT2D eigenvalue weighted by molar-refractivity contribution is -0.188. The maximum atomic E-state index is 14.1. The second-order valence-corrected chi connectivity index (χ2v) is 22.6. The summed E-state index contributed by atoms with van der Waals surface area (Å²) in [6.45, 7) is 7.45. The highest BCUT2D eigenvalue weighted by Crippen LogP contribution is 2.67. The molecule has 4 aliphatic heterocycles. The molecule has 68 heavy (non-hydrogen) atoms. The number of aliphatic hydroxyl groups is 2. The third-order valence-electron chi connectivity index (χ3n) is 18.7. The van der Waals surface area contributed by atoms with E-state index in [0.29, 0.717) is 61.9 Å².